The van der Waals surface area contributed by atoms with Crippen molar-refractivity contribution in [1.82, 2.24) is 30.0 Å². The second kappa shape index (κ2) is 13.3. The van der Waals surface area contributed by atoms with Gasteiger partial charge in [-0.15, -0.1) is 0 Å². The van der Waals surface area contributed by atoms with Gasteiger partial charge in [0, 0.05) is 29.8 Å². The second-order valence-corrected chi connectivity index (χ2v) is 13.7. The Morgan fingerprint density at radius 3 is 2.37 bits per heavy atom. The molecule has 2 aromatic carbocycles. The number of ether oxygens (including phenoxy) is 2. The van der Waals surface area contributed by atoms with Crippen LogP contribution in [0, 0.1) is 11.8 Å². The monoisotopic (exact) mass is 624 g/mol. The normalized spacial score (nSPS) is 15.0. The van der Waals surface area contributed by atoms with Gasteiger partial charge >= 0.3 is 12.2 Å². The van der Waals surface area contributed by atoms with E-state index in [0.717, 1.165) is 64.2 Å². The molecule has 46 heavy (non-hydrogen) atoms. The number of aromatic nitrogens is 4. The Kier molecular flexibility index (Phi) is 9.42. The molecule has 1 saturated heterocycles. The van der Waals surface area contributed by atoms with Crippen molar-refractivity contribution in [1.29, 1.82) is 0 Å². The van der Waals surface area contributed by atoms with Gasteiger partial charge in [0.05, 0.1) is 35.0 Å². The van der Waals surface area contributed by atoms with Gasteiger partial charge in [-0.05, 0) is 97.2 Å². The lowest BCUT2D eigenvalue weighted by Gasteiger charge is -2.27. The summed E-state index contributed by atoms with van der Waals surface area (Å²) in [6.45, 7) is 14.9. The fraction of sp³-hybridized carbons (Fsp3) is 0.444. The molecule has 242 valence electrons. The molecule has 0 aliphatic carbocycles. The topological polar surface area (TPSA) is 116 Å². The number of imidazole rings is 1. The smallest absolute Gasteiger partial charge is 0.410 e. The van der Waals surface area contributed by atoms with Crippen LogP contribution in [-0.4, -0.2) is 66.4 Å². The van der Waals surface area contributed by atoms with Gasteiger partial charge < -0.3 is 19.4 Å². The number of nitrogens with one attached hydrogen (secondary N) is 2. The van der Waals surface area contributed by atoms with E-state index in [0.29, 0.717) is 19.6 Å². The first-order valence-electron chi connectivity index (χ1n) is 15.9. The Hall–Kier alpha value is -4.78. The zero-order valence-corrected chi connectivity index (χ0v) is 27.9. The third-order valence-corrected chi connectivity index (χ3v) is 7.37. The van der Waals surface area contributed by atoms with Gasteiger partial charge in [-0.25, -0.2) is 14.6 Å². The maximum Gasteiger partial charge on any atom is 0.410 e. The van der Waals surface area contributed by atoms with Crippen molar-refractivity contribution in [2.24, 2.45) is 0 Å². The molecular weight excluding hydrogens is 580 g/mol. The number of carbonyl (C=O) groups is 2. The van der Waals surface area contributed by atoms with Crippen LogP contribution in [0.1, 0.15) is 96.4 Å². The molecule has 1 atom stereocenters. The number of hydrogen-bond donors (Lipinski definition) is 2. The van der Waals surface area contributed by atoms with E-state index < -0.39 is 11.2 Å². The van der Waals surface area contributed by atoms with Crippen LogP contribution in [0.3, 0.4) is 0 Å². The summed E-state index contributed by atoms with van der Waals surface area (Å²) >= 11 is 0. The van der Waals surface area contributed by atoms with E-state index in [-0.39, 0.29) is 18.2 Å². The number of fused-ring (bicyclic) bond motifs is 1. The number of aromatic amines is 2. The lowest BCUT2D eigenvalue weighted by atomic mass is 10.1. The van der Waals surface area contributed by atoms with Gasteiger partial charge in [0.2, 0.25) is 0 Å². The highest BCUT2D eigenvalue weighted by molar-refractivity contribution is 5.77. The lowest BCUT2D eigenvalue weighted by molar-refractivity contribution is 0.0213. The summed E-state index contributed by atoms with van der Waals surface area (Å²) in [4.78, 5) is 37.1. The maximum atomic E-state index is 12.8. The minimum absolute atomic E-state index is 0.138. The molecule has 0 spiro atoms. The van der Waals surface area contributed by atoms with Crippen molar-refractivity contribution in [3.05, 3.63) is 71.2 Å². The first kappa shape index (κ1) is 32.6. The first-order valence-corrected chi connectivity index (χ1v) is 15.9. The zero-order valence-electron chi connectivity index (χ0n) is 27.9. The third kappa shape index (κ3) is 8.27. The number of H-pyrrole nitrogens is 2. The summed E-state index contributed by atoms with van der Waals surface area (Å²) in [7, 11) is 0. The van der Waals surface area contributed by atoms with Crippen molar-refractivity contribution < 1.29 is 19.1 Å². The van der Waals surface area contributed by atoms with E-state index >= 15 is 0 Å². The highest BCUT2D eigenvalue weighted by atomic mass is 16.6. The van der Waals surface area contributed by atoms with E-state index in [9.17, 15) is 9.59 Å². The standard InChI is InChI=1S/C36H44N6O4/c1-8-19-41(33(43)45-35(2,3)4)23-27-22-29(40-39-27)26-16-13-24(14-17-26)11-12-25-15-18-28-30(21-25)38-32(37-28)31-10-9-20-42(31)34(44)46-36(5,6)7/h13-18,21-22,31H,8-10,19-20,23H2,1-7H3,(H,37,38)(H,39,40)/t31-/m0/s1. The molecule has 0 radical (unpaired) electrons. The summed E-state index contributed by atoms with van der Waals surface area (Å²) in [5, 5.41) is 7.53. The van der Waals surface area contributed by atoms with E-state index in [1.807, 2.05) is 97.0 Å². The van der Waals surface area contributed by atoms with E-state index in [1.54, 1.807) is 9.80 Å². The van der Waals surface area contributed by atoms with E-state index in [1.165, 1.54) is 0 Å². The van der Waals surface area contributed by atoms with Crippen LogP contribution in [0.5, 0.6) is 0 Å². The molecule has 4 aromatic rings. The number of benzene rings is 2. The molecular formula is C36H44N6O4. The number of likely N-dealkylation sites (tertiary alicyclic amines) is 1. The maximum absolute atomic E-state index is 12.8. The minimum atomic E-state index is -0.551. The molecule has 2 N–H and O–H groups in total. The van der Waals surface area contributed by atoms with E-state index in [4.69, 9.17) is 14.5 Å². The van der Waals surface area contributed by atoms with Gasteiger partial charge in [0.25, 0.3) is 0 Å². The zero-order chi connectivity index (χ0) is 33.1. The number of nitrogens with zero attached hydrogens (tertiary/aromatic N) is 4. The van der Waals surface area contributed by atoms with Crippen molar-refractivity contribution in [3.63, 3.8) is 0 Å². The number of carbonyl (C=O) groups excluding carboxylic acids is 2. The lowest BCUT2D eigenvalue weighted by Crippen LogP contribution is -2.37. The number of hydrogen-bond acceptors (Lipinski definition) is 6. The number of amides is 2. The molecule has 0 unspecified atom stereocenters. The minimum Gasteiger partial charge on any atom is -0.444 e. The first-order chi connectivity index (χ1) is 21.8. The molecule has 10 nitrogen and oxygen atoms in total. The van der Waals surface area contributed by atoms with Gasteiger partial charge in [-0.2, -0.15) is 5.10 Å². The molecule has 0 bridgehead atoms. The van der Waals surface area contributed by atoms with Gasteiger partial charge in [0.15, 0.2) is 0 Å². The third-order valence-electron chi connectivity index (χ3n) is 7.37. The Balaban J connectivity index is 1.24. The largest absolute Gasteiger partial charge is 0.444 e. The molecule has 2 aromatic heterocycles. The number of rotatable bonds is 6. The summed E-state index contributed by atoms with van der Waals surface area (Å²) in [5.74, 6) is 7.26. The van der Waals surface area contributed by atoms with Crippen molar-refractivity contribution in [3.8, 4) is 23.1 Å². The Bertz CT molecular complexity index is 1750. The molecule has 1 aliphatic heterocycles. The molecule has 0 saturated carbocycles. The highest BCUT2D eigenvalue weighted by Gasteiger charge is 2.35. The summed E-state index contributed by atoms with van der Waals surface area (Å²) in [5.41, 5.74) is 4.92. The molecule has 1 fully saturated rings. The summed E-state index contributed by atoms with van der Waals surface area (Å²) in [6, 6.07) is 15.6. The summed E-state index contributed by atoms with van der Waals surface area (Å²) in [6.07, 6.45) is 1.93. The van der Waals surface area contributed by atoms with E-state index in [2.05, 4.69) is 27.0 Å². The van der Waals surface area contributed by atoms with Crippen molar-refractivity contribution in [2.45, 2.75) is 91.5 Å². The van der Waals surface area contributed by atoms with Crippen LogP contribution in [0.2, 0.25) is 0 Å². The van der Waals surface area contributed by atoms with Crippen LogP contribution in [0.25, 0.3) is 22.3 Å². The molecule has 1 aliphatic rings. The van der Waals surface area contributed by atoms with Gasteiger partial charge in [0.1, 0.15) is 17.0 Å². The van der Waals surface area contributed by atoms with Gasteiger partial charge in [-0.3, -0.25) is 10.00 Å². The van der Waals surface area contributed by atoms with Crippen LogP contribution in [0.15, 0.2) is 48.5 Å². The Morgan fingerprint density at radius 1 is 0.978 bits per heavy atom. The molecule has 10 heteroatoms. The van der Waals surface area contributed by atoms with Crippen molar-refractivity contribution in [2.75, 3.05) is 13.1 Å². The Morgan fingerprint density at radius 2 is 1.67 bits per heavy atom. The van der Waals surface area contributed by atoms with Gasteiger partial charge in [-0.1, -0.05) is 30.9 Å². The summed E-state index contributed by atoms with van der Waals surface area (Å²) < 4.78 is 11.2. The SMILES string of the molecule is CCCN(Cc1cc(-c2ccc(C#Cc3ccc4[nH]c([C@@H]5CCCN5C(=O)OC(C)(C)C)nc4c3)cc2)n[nH]1)C(=O)OC(C)(C)C. The second-order valence-electron chi connectivity index (χ2n) is 13.7. The average molecular weight is 625 g/mol. The fourth-order valence-corrected chi connectivity index (χ4v) is 5.35. The Labute approximate surface area is 270 Å². The van der Waals surface area contributed by atoms with Crippen LogP contribution in [-0.2, 0) is 16.0 Å². The molecule has 3 heterocycles. The highest BCUT2D eigenvalue weighted by Crippen LogP contribution is 2.33. The predicted molar refractivity (Wildman–Crippen MR) is 178 cm³/mol. The molecule has 5 rings (SSSR count). The van der Waals surface area contributed by atoms with Crippen molar-refractivity contribution >= 4 is 23.2 Å². The molecule has 2 amide bonds. The van der Waals surface area contributed by atoms with Crippen LogP contribution in [0.4, 0.5) is 9.59 Å². The van der Waals surface area contributed by atoms with Crippen LogP contribution >= 0.6 is 0 Å². The van der Waals surface area contributed by atoms with Crippen LogP contribution < -0.4 is 0 Å². The quantitative estimate of drug-likeness (QED) is 0.214. The fourth-order valence-electron chi connectivity index (χ4n) is 5.35. The average Bonchev–Trinajstić information content (AvgIpc) is 3.74. The predicted octanol–water partition coefficient (Wildman–Crippen LogP) is 7.57.